The van der Waals surface area contributed by atoms with E-state index in [1.54, 1.807) is 0 Å². The third kappa shape index (κ3) is 5.14. The Labute approximate surface area is 80.4 Å². The van der Waals surface area contributed by atoms with Gasteiger partial charge in [0.15, 0.2) is 0 Å². The standard InChI is InChI=1S/C4H6O6.H3N.Zn/c5-1(3(7)8)2(6)4(9)10;;/h1-2,5-6H,(H,7,8)(H,9,10);1H3;/q;;+2/p-1. The van der Waals surface area contributed by atoms with E-state index in [2.05, 4.69) is 0 Å². The zero-order valence-electron chi connectivity index (χ0n) is 6.39. The van der Waals surface area contributed by atoms with Gasteiger partial charge in [-0.25, -0.2) is 0 Å². The molecule has 0 amide bonds. The van der Waals surface area contributed by atoms with Crippen molar-refractivity contribution in [2.24, 2.45) is 0 Å². The fourth-order valence-corrected chi connectivity index (χ4v) is 0.258. The minimum Gasteiger partial charge on any atom is -0.547 e. The topological polar surface area (TPSA) is 157 Å². The molecule has 0 aromatic heterocycles. The van der Waals surface area contributed by atoms with Crippen molar-refractivity contribution in [3.05, 3.63) is 0 Å². The maximum Gasteiger partial charge on any atom is 2.00 e. The molecule has 0 radical (unpaired) electrons. The first kappa shape index (κ1) is 17.5. The monoisotopic (exact) mass is 230 g/mol. The molecule has 0 bridgehead atoms. The van der Waals surface area contributed by atoms with Crippen molar-refractivity contribution in [3.63, 3.8) is 0 Å². The molecule has 0 spiro atoms. The Morgan fingerprint density at radius 2 is 1.17 bits per heavy atom. The van der Waals surface area contributed by atoms with Crippen LogP contribution in [0.1, 0.15) is 0 Å². The number of hydrogen-bond donors (Lipinski definition) is 3. The molecule has 0 aliphatic rings. The van der Waals surface area contributed by atoms with Crippen LogP contribution in [0.2, 0.25) is 0 Å². The molecule has 2 unspecified atom stereocenters. The molecular formula is C4H8NO6Zn+. The van der Waals surface area contributed by atoms with E-state index in [1.165, 1.54) is 0 Å². The normalized spacial score (nSPS) is 13.2. The minimum absolute atomic E-state index is 0. The number of carbonyl (C=O) groups is 2. The average Bonchev–Trinajstić information content (AvgIpc) is 1.84. The Bertz CT molecular complexity index is 144. The maximum absolute atomic E-state index is 9.63. The summed E-state index contributed by atoms with van der Waals surface area (Å²) in [6.45, 7) is 0. The number of aliphatic hydroxyl groups is 2. The van der Waals surface area contributed by atoms with E-state index in [9.17, 15) is 19.8 Å². The SMILES string of the molecule is O=C([O-])C(O)C(O)C(=O)[O-].[NH4+].[Zn+2]. The Balaban J connectivity index is -0.000000405. The van der Waals surface area contributed by atoms with Gasteiger partial charge in [0.2, 0.25) is 0 Å². The molecule has 0 rings (SSSR count). The van der Waals surface area contributed by atoms with Crippen molar-refractivity contribution in [2.45, 2.75) is 12.2 Å². The van der Waals surface area contributed by atoms with E-state index in [0.717, 1.165) is 0 Å². The Hall–Kier alpha value is -0.557. The summed E-state index contributed by atoms with van der Waals surface area (Å²) in [4.78, 5) is 19.3. The summed E-state index contributed by atoms with van der Waals surface area (Å²) in [7, 11) is 0. The van der Waals surface area contributed by atoms with Gasteiger partial charge in [-0.2, -0.15) is 0 Å². The Morgan fingerprint density at radius 3 is 1.25 bits per heavy atom. The Kier molecular flexibility index (Phi) is 10.4. The first-order chi connectivity index (χ1) is 4.46. The molecule has 0 aliphatic heterocycles. The maximum atomic E-state index is 9.63. The molecule has 0 heterocycles. The van der Waals surface area contributed by atoms with Crippen LogP contribution in [0, 0.1) is 0 Å². The molecule has 8 heteroatoms. The van der Waals surface area contributed by atoms with Crippen molar-refractivity contribution >= 4 is 11.9 Å². The van der Waals surface area contributed by atoms with Gasteiger partial charge in [0, 0.05) is 0 Å². The molecular weight excluding hydrogens is 223 g/mol. The minimum atomic E-state index is -2.44. The molecule has 12 heavy (non-hydrogen) atoms. The van der Waals surface area contributed by atoms with Crippen LogP contribution in [0.5, 0.6) is 0 Å². The summed E-state index contributed by atoms with van der Waals surface area (Å²) in [6.07, 6.45) is -4.88. The number of hydrogen-bond acceptors (Lipinski definition) is 6. The molecule has 0 aliphatic carbocycles. The summed E-state index contributed by atoms with van der Waals surface area (Å²) >= 11 is 0. The molecule has 0 aromatic rings. The van der Waals surface area contributed by atoms with Crippen molar-refractivity contribution in [1.29, 1.82) is 0 Å². The first-order valence-corrected chi connectivity index (χ1v) is 2.24. The van der Waals surface area contributed by atoms with Gasteiger partial charge in [0.05, 0.1) is 11.9 Å². The summed E-state index contributed by atoms with van der Waals surface area (Å²) in [5.41, 5.74) is 0. The van der Waals surface area contributed by atoms with Crippen LogP contribution in [0.4, 0.5) is 0 Å². The number of carbonyl (C=O) groups excluding carboxylic acids is 2. The smallest absolute Gasteiger partial charge is 0.547 e. The van der Waals surface area contributed by atoms with Gasteiger partial charge >= 0.3 is 19.5 Å². The molecule has 0 saturated carbocycles. The molecule has 0 aromatic carbocycles. The number of aliphatic carboxylic acids is 2. The van der Waals surface area contributed by atoms with Crippen LogP contribution in [0.25, 0.3) is 0 Å². The summed E-state index contributed by atoms with van der Waals surface area (Å²) in [6, 6.07) is 0. The van der Waals surface area contributed by atoms with Crippen LogP contribution in [-0.2, 0) is 29.1 Å². The fraction of sp³-hybridized carbons (Fsp3) is 0.500. The predicted molar refractivity (Wildman–Crippen MR) is 28.0 cm³/mol. The summed E-state index contributed by atoms with van der Waals surface area (Å²) in [5, 5.41) is 35.7. The van der Waals surface area contributed by atoms with Gasteiger partial charge in [-0.05, 0) is 0 Å². The Morgan fingerprint density at radius 1 is 1.00 bits per heavy atom. The zero-order chi connectivity index (χ0) is 8.31. The van der Waals surface area contributed by atoms with Gasteiger partial charge in [-0.15, -0.1) is 0 Å². The summed E-state index contributed by atoms with van der Waals surface area (Å²) in [5.74, 6) is -4.12. The molecule has 0 saturated heterocycles. The molecule has 7 nitrogen and oxygen atoms in total. The number of quaternary nitrogens is 1. The van der Waals surface area contributed by atoms with Crippen molar-refractivity contribution in [2.75, 3.05) is 0 Å². The van der Waals surface area contributed by atoms with Crippen molar-refractivity contribution in [3.8, 4) is 0 Å². The van der Waals surface area contributed by atoms with Gasteiger partial charge in [0.25, 0.3) is 0 Å². The first-order valence-electron chi connectivity index (χ1n) is 2.24. The average molecular weight is 231 g/mol. The van der Waals surface area contributed by atoms with Gasteiger partial charge in [-0.1, -0.05) is 0 Å². The second-order valence-electron chi connectivity index (χ2n) is 1.53. The van der Waals surface area contributed by atoms with E-state index in [0.29, 0.717) is 0 Å². The van der Waals surface area contributed by atoms with Crippen molar-refractivity contribution in [1.82, 2.24) is 6.15 Å². The summed E-state index contributed by atoms with van der Waals surface area (Å²) < 4.78 is 0. The van der Waals surface area contributed by atoms with Crippen LogP contribution in [0.3, 0.4) is 0 Å². The third-order valence-electron chi connectivity index (χ3n) is 0.782. The van der Waals surface area contributed by atoms with Gasteiger partial charge in [-0.3, -0.25) is 0 Å². The number of rotatable bonds is 3. The fourth-order valence-electron chi connectivity index (χ4n) is 0.258. The largest absolute Gasteiger partial charge is 2.00 e. The number of carboxylic acids is 2. The molecule has 2 atom stereocenters. The van der Waals surface area contributed by atoms with Crippen LogP contribution >= 0.6 is 0 Å². The van der Waals surface area contributed by atoms with Crippen LogP contribution in [0.15, 0.2) is 0 Å². The molecule has 0 fully saturated rings. The zero-order valence-corrected chi connectivity index (χ0v) is 9.36. The predicted octanol–water partition coefficient (Wildman–Crippen LogP) is -4.42. The van der Waals surface area contributed by atoms with Crippen LogP contribution in [-0.4, -0.2) is 34.4 Å². The second-order valence-corrected chi connectivity index (χ2v) is 1.53. The van der Waals surface area contributed by atoms with E-state index in [-0.39, 0.29) is 25.6 Å². The van der Waals surface area contributed by atoms with E-state index < -0.39 is 24.1 Å². The second kappa shape index (κ2) is 7.11. The van der Waals surface area contributed by atoms with Crippen LogP contribution < -0.4 is 16.4 Å². The quantitative estimate of drug-likeness (QED) is 0.416. The number of carboxylic acid groups (broad SMARTS) is 2. The molecule has 6 N–H and O–H groups in total. The van der Waals surface area contributed by atoms with Crippen molar-refractivity contribution < 1.29 is 49.5 Å². The van der Waals surface area contributed by atoms with E-state index in [1.807, 2.05) is 0 Å². The van der Waals surface area contributed by atoms with Gasteiger partial charge in [0.1, 0.15) is 12.2 Å². The van der Waals surface area contributed by atoms with E-state index in [4.69, 9.17) is 10.2 Å². The van der Waals surface area contributed by atoms with Gasteiger partial charge < -0.3 is 36.2 Å². The molecule has 66 valence electrons. The number of aliphatic hydroxyl groups excluding tert-OH is 2. The van der Waals surface area contributed by atoms with E-state index >= 15 is 0 Å². The third-order valence-corrected chi connectivity index (χ3v) is 0.782.